The molecule has 206 valence electrons. The van der Waals surface area contributed by atoms with Crippen LogP contribution in [0.2, 0.25) is 0 Å². The van der Waals surface area contributed by atoms with Crippen LogP contribution in [0.15, 0.2) is 115 Å². The molecule has 0 aliphatic carbocycles. The summed E-state index contributed by atoms with van der Waals surface area (Å²) in [4.78, 5) is 42.7. The van der Waals surface area contributed by atoms with Crippen molar-refractivity contribution in [1.29, 1.82) is 0 Å². The van der Waals surface area contributed by atoms with E-state index in [1.165, 1.54) is 0 Å². The SMILES string of the molecule is O=C(c1c(C(=O)N2CCOC2=O)n(Cc2ccccc2)c2ccccc12)c1cc2ccccc2n1Cc1ccccc1. The highest BCUT2D eigenvalue weighted by Gasteiger charge is 2.36. The first kappa shape index (κ1) is 25.5. The summed E-state index contributed by atoms with van der Waals surface area (Å²) >= 11 is 0. The van der Waals surface area contributed by atoms with E-state index in [9.17, 15) is 14.4 Å². The molecule has 0 unspecified atom stereocenters. The summed E-state index contributed by atoms with van der Waals surface area (Å²) in [7, 11) is 0. The molecule has 7 heteroatoms. The minimum Gasteiger partial charge on any atom is -0.447 e. The van der Waals surface area contributed by atoms with E-state index >= 15 is 0 Å². The van der Waals surface area contributed by atoms with Gasteiger partial charge in [-0.25, -0.2) is 9.69 Å². The van der Waals surface area contributed by atoms with Gasteiger partial charge in [0.05, 0.1) is 17.8 Å². The fourth-order valence-electron chi connectivity index (χ4n) is 5.85. The lowest BCUT2D eigenvalue weighted by atomic mass is 10.0. The van der Waals surface area contributed by atoms with Gasteiger partial charge < -0.3 is 13.9 Å². The number of cyclic esters (lactones) is 1. The summed E-state index contributed by atoms with van der Waals surface area (Å²) in [5, 5.41) is 1.59. The highest BCUT2D eigenvalue weighted by atomic mass is 16.6. The Morgan fingerprint density at radius 3 is 1.95 bits per heavy atom. The van der Waals surface area contributed by atoms with Gasteiger partial charge >= 0.3 is 6.09 Å². The quantitative estimate of drug-likeness (QED) is 0.211. The van der Waals surface area contributed by atoms with E-state index in [0.717, 1.165) is 32.4 Å². The van der Waals surface area contributed by atoms with E-state index < -0.39 is 12.0 Å². The Labute approximate surface area is 242 Å². The lowest BCUT2D eigenvalue weighted by Crippen LogP contribution is -2.34. The summed E-state index contributed by atoms with van der Waals surface area (Å²) in [6, 6.07) is 37.1. The normalized spacial score (nSPS) is 13.1. The molecule has 1 saturated heterocycles. The second-order valence-corrected chi connectivity index (χ2v) is 10.4. The molecule has 1 aliphatic rings. The number of ketones is 1. The molecular weight excluding hydrogens is 526 g/mol. The van der Waals surface area contributed by atoms with Crippen LogP contribution in [0.25, 0.3) is 21.8 Å². The van der Waals surface area contributed by atoms with Crippen LogP contribution in [-0.2, 0) is 17.8 Å². The zero-order chi connectivity index (χ0) is 28.6. The van der Waals surface area contributed by atoms with Crippen LogP contribution in [0, 0.1) is 0 Å². The van der Waals surface area contributed by atoms with Crippen molar-refractivity contribution in [3.05, 3.63) is 143 Å². The van der Waals surface area contributed by atoms with Gasteiger partial charge in [-0.3, -0.25) is 9.59 Å². The second-order valence-electron chi connectivity index (χ2n) is 10.4. The number of para-hydroxylation sites is 2. The van der Waals surface area contributed by atoms with Crippen molar-refractivity contribution in [1.82, 2.24) is 14.0 Å². The summed E-state index contributed by atoms with van der Waals surface area (Å²) in [5.74, 6) is -0.820. The van der Waals surface area contributed by atoms with Crippen LogP contribution in [0.1, 0.15) is 37.7 Å². The van der Waals surface area contributed by atoms with Gasteiger partial charge in [-0.1, -0.05) is 97.1 Å². The van der Waals surface area contributed by atoms with Crippen molar-refractivity contribution in [2.24, 2.45) is 0 Å². The average Bonchev–Trinajstić information content (AvgIpc) is 3.72. The molecule has 0 atom stereocenters. The Bertz CT molecular complexity index is 1970. The molecule has 0 bridgehead atoms. The van der Waals surface area contributed by atoms with Crippen molar-refractivity contribution >= 4 is 39.6 Å². The van der Waals surface area contributed by atoms with Crippen molar-refractivity contribution in [2.45, 2.75) is 13.1 Å². The van der Waals surface area contributed by atoms with Gasteiger partial charge in [-0.2, -0.15) is 0 Å². The predicted molar refractivity (Wildman–Crippen MR) is 161 cm³/mol. The number of nitrogens with zero attached hydrogens (tertiary/aromatic N) is 3. The third-order valence-electron chi connectivity index (χ3n) is 7.82. The lowest BCUT2D eigenvalue weighted by Gasteiger charge is -2.16. The monoisotopic (exact) mass is 553 g/mol. The van der Waals surface area contributed by atoms with Crippen molar-refractivity contribution in [3.8, 4) is 0 Å². The van der Waals surface area contributed by atoms with E-state index in [1.807, 2.05) is 124 Å². The summed E-state index contributed by atoms with van der Waals surface area (Å²) < 4.78 is 8.98. The maximum atomic E-state index is 14.8. The molecular formula is C35H27N3O4. The zero-order valence-electron chi connectivity index (χ0n) is 22.8. The van der Waals surface area contributed by atoms with Crippen LogP contribution in [-0.4, -0.2) is 45.0 Å². The molecule has 4 aromatic carbocycles. The Hall–Kier alpha value is -5.43. The molecule has 0 N–H and O–H groups in total. The topological polar surface area (TPSA) is 73.5 Å². The molecule has 3 heterocycles. The number of ether oxygens (including phenoxy) is 1. The minimum absolute atomic E-state index is 0.123. The van der Waals surface area contributed by atoms with Gasteiger partial charge in [0.1, 0.15) is 12.3 Å². The van der Waals surface area contributed by atoms with E-state index in [0.29, 0.717) is 24.2 Å². The first-order valence-corrected chi connectivity index (χ1v) is 13.9. The number of hydrogen-bond acceptors (Lipinski definition) is 4. The highest BCUT2D eigenvalue weighted by Crippen LogP contribution is 2.33. The van der Waals surface area contributed by atoms with E-state index in [1.54, 1.807) is 0 Å². The molecule has 2 amide bonds. The molecule has 2 aromatic heterocycles. The average molecular weight is 554 g/mol. The third kappa shape index (κ3) is 4.36. The molecule has 1 aliphatic heterocycles. The van der Waals surface area contributed by atoms with E-state index in [4.69, 9.17) is 4.74 Å². The van der Waals surface area contributed by atoms with E-state index in [2.05, 4.69) is 0 Å². The molecule has 0 spiro atoms. The fraction of sp³-hybridized carbons (Fsp3) is 0.114. The number of fused-ring (bicyclic) bond motifs is 2. The minimum atomic E-state index is -0.701. The second kappa shape index (κ2) is 10.5. The zero-order valence-corrected chi connectivity index (χ0v) is 22.8. The number of imide groups is 1. The summed E-state index contributed by atoms with van der Waals surface area (Å²) in [6.45, 7) is 1.09. The van der Waals surface area contributed by atoms with Crippen LogP contribution in [0.4, 0.5) is 4.79 Å². The molecule has 1 fully saturated rings. The van der Waals surface area contributed by atoms with Gasteiger partial charge in [0, 0.05) is 34.9 Å². The molecule has 0 radical (unpaired) electrons. The first-order chi connectivity index (χ1) is 20.6. The number of rotatable bonds is 7. The largest absolute Gasteiger partial charge is 0.447 e. The van der Waals surface area contributed by atoms with Crippen LogP contribution in [0.5, 0.6) is 0 Å². The summed E-state index contributed by atoms with van der Waals surface area (Å²) in [5.41, 5.74) is 4.62. The smallest absolute Gasteiger partial charge is 0.417 e. The standard InChI is InChI=1S/C35H27N3O4/c39-33(30-21-26-15-7-9-17-28(26)37(30)22-24-11-3-1-4-12-24)31-27-16-8-10-18-29(27)38(23-25-13-5-2-6-14-25)32(31)34(40)36-19-20-42-35(36)41/h1-18,21H,19-20,22-23H2. The predicted octanol–water partition coefficient (Wildman–Crippen LogP) is 6.52. The van der Waals surface area contributed by atoms with Crippen molar-refractivity contribution in [3.63, 3.8) is 0 Å². The van der Waals surface area contributed by atoms with Crippen molar-refractivity contribution < 1.29 is 19.1 Å². The molecule has 42 heavy (non-hydrogen) atoms. The fourth-order valence-corrected chi connectivity index (χ4v) is 5.85. The van der Waals surface area contributed by atoms with Gasteiger partial charge in [0.25, 0.3) is 5.91 Å². The number of carbonyl (C=O) groups excluding carboxylic acids is 3. The number of aromatic nitrogens is 2. The number of benzene rings is 4. The molecule has 6 aromatic rings. The molecule has 7 nitrogen and oxygen atoms in total. The van der Waals surface area contributed by atoms with E-state index in [-0.39, 0.29) is 30.2 Å². The van der Waals surface area contributed by atoms with Crippen molar-refractivity contribution in [2.75, 3.05) is 13.2 Å². The molecule has 0 saturated carbocycles. The molecule has 7 rings (SSSR count). The van der Waals surface area contributed by atoms with Gasteiger partial charge in [-0.05, 0) is 29.3 Å². The maximum Gasteiger partial charge on any atom is 0.417 e. The van der Waals surface area contributed by atoms with Gasteiger partial charge in [-0.15, -0.1) is 0 Å². The number of amides is 2. The Morgan fingerprint density at radius 1 is 0.690 bits per heavy atom. The first-order valence-electron chi connectivity index (χ1n) is 13.9. The Kier molecular flexibility index (Phi) is 6.39. The van der Waals surface area contributed by atoms with Gasteiger partial charge in [0.2, 0.25) is 5.78 Å². The third-order valence-corrected chi connectivity index (χ3v) is 7.82. The van der Waals surface area contributed by atoms with Crippen LogP contribution < -0.4 is 0 Å². The Morgan fingerprint density at radius 2 is 1.29 bits per heavy atom. The number of carbonyl (C=O) groups is 3. The Balaban J connectivity index is 1.46. The lowest BCUT2D eigenvalue weighted by molar-refractivity contribution is 0.0795. The highest BCUT2D eigenvalue weighted by molar-refractivity contribution is 6.23. The summed E-state index contributed by atoms with van der Waals surface area (Å²) in [6.07, 6.45) is -0.701. The van der Waals surface area contributed by atoms with Crippen LogP contribution in [0.3, 0.4) is 0 Å². The van der Waals surface area contributed by atoms with Gasteiger partial charge in [0.15, 0.2) is 0 Å². The van der Waals surface area contributed by atoms with Crippen LogP contribution >= 0.6 is 0 Å². The number of hydrogen-bond donors (Lipinski definition) is 0. The maximum absolute atomic E-state index is 14.8.